The zero-order chi connectivity index (χ0) is 8.27. The van der Waals surface area contributed by atoms with E-state index in [0.717, 1.165) is 0 Å². The molecule has 1 fully saturated rings. The standard InChI is InChI=1S/C6H10N2O3/c1-11-8-6(10)4-2-5(9)7-3-4/h4H,2-3H2,1H3,(H,7,9)(H,8,10). The van der Waals surface area contributed by atoms with E-state index >= 15 is 0 Å². The molecular weight excluding hydrogens is 148 g/mol. The minimum Gasteiger partial charge on any atom is -0.355 e. The Labute approximate surface area is 64.0 Å². The van der Waals surface area contributed by atoms with Gasteiger partial charge in [-0.05, 0) is 0 Å². The van der Waals surface area contributed by atoms with E-state index in [2.05, 4.69) is 15.6 Å². The van der Waals surface area contributed by atoms with Gasteiger partial charge in [0.05, 0.1) is 13.0 Å². The molecule has 1 saturated heterocycles. The van der Waals surface area contributed by atoms with Crippen LogP contribution in [0.1, 0.15) is 6.42 Å². The Balaban J connectivity index is 2.37. The molecular formula is C6H10N2O3. The van der Waals surface area contributed by atoms with Crippen LogP contribution in [0, 0.1) is 5.92 Å². The van der Waals surface area contributed by atoms with E-state index in [9.17, 15) is 9.59 Å². The van der Waals surface area contributed by atoms with Crippen molar-refractivity contribution in [2.45, 2.75) is 6.42 Å². The van der Waals surface area contributed by atoms with Crippen molar-refractivity contribution < 1.29 is 14.4 Å². The van der Waals surface area contributed by atoms with E-state index in [1.54, 1.807) is 0 Å². The van der Waals surface area contributed by atoms with Crippen LogP contribution in [-0.4, -0.2) is 25.5 Å². The largest absolute Gasteiger partial charge is 0.355 e. The normalized spacial score (nSPS) is 23.0. The minimum atomic E-state index is -0.276. The first kappa shape index (κ1) is 8.00. The first-order chi connectivity index (χ1) is 5.24. The monoisotopic (exact) mass is 158 g/mol. The predicted molar refractivity (Wildman–Crippen MR) is 36.3 cm³/mol. The van der Waals surface area contributed by atoms with Gasteiger partial charge < -0.3 is 5.32 Å². The third kappa shape index (κ3) is 1.91. The maximum atomic E-state index is 11.0. The third-order valence-corrected chi connectivity index (χ3v) is 1.55. The lowest BCUT2D eigenvalue weighted by molar-refractivity contribution is -0.135. The molecule has 0 spiro atoms. The lowest BCUT2D eigenvalue weighted by Crippen LogP contribution is -2.30. The van der Waals surface area contributed by atoms with Crippen molar-refractivity contribution in [1.82, 2.24) is 10.8 Å². The number of nitrogens with one attached hydrogen (secondary N) is 2. The molecule has 0 saturated carbocycles. The van der Waals surface area contributed by atoms with E-state index in [-0.39, 0.29) is 24.2 Å². The fraction of sp³-hybridized carbons (Fsp3) is 0.667. The summed E-state index contributed by atoms with van der Waals surface area (Å²) >= 11 is 0. The van der Waals surface area contributed by atoms with Crippen LogP contribution in [-0.2, 0) is 14.4 Å². The molecule has 62 valence electrons. The van der Waals surface area contributed by atoms with Gasteiger partial charge in [-0.2, -0.15) is 0 Å². The molecule has 11 heavy (non-hydrogen) atoms. The summed E-state index contributed by atoms with van der Waals surface area (Å²) in [7, 11) is 1.36. The van der Waals surface area contributed by atoms with Crippen LogP contribution >= 0.6 is 0 Å². The van der Waals surface area contributed by atoms with Gasteiger partial charge in [-0.3, -0.25) is 14.4 Å². The number of hydroxylamine groups is 1. The van der Waals surface area contributed by atoms with Crippen molar-refractivity contribution >= 4 is 11.8 Å². The number of amides is 2. The van der Waals surface area contributed by atoms with Crippen molar-refractivity contribution in [3.05, 3.63) is 0 Å². The molecule has 5 heteroatoms. The van der Waals surface area contributed by atoms with E-state index in [4.69, 9.17) is 0 Å². The molecule has 2 N–H and O–H groups in total. The molecule has 1 aliphatic rings. The van der Waals surface area contributed by atoms with Crippen LogP contribution in [0.5, 0.6) is 0 Å². The Morgan fingerprint density at radius 3 is 3.00 bits per heavy atom. The van der Waals surface area contributed by atoms with Gasteiger partial charge in [-0.15, -0.1) is 0 Å². The second-order valence-electron chi connectivity index (χ2n) is 2.38. The van der Waals surface area contributed by atoms with Crippen molar-refractivity contribution in [3.8, 4) is 0 Å². The molecule has 1 heterocycles. The molecule has 1 unspecified atom stereocenters. The molecule has 2 amide bonds. The van der Waals surface area contributed by atoms with Gasteiger partial charge in [0.2, 0.25) is 11.8 Å². The fourth-order valence-electron chi connectivity index (χ4n) is 0.974. The summed E-state index contributed by atoms with van der Waals surface area (Å²) in [4.78, 5) is 26.0. The minimum absolute atomic E-state index is 0.0822. The van der Waals surface area contributed by atoms with Gasteiger partial charge in [0.25, 0.3) is 0 Å². The van der Waals surface area contributed by atoms with Crippen molar-refractivity contribution in [2.75, 3.05) is 13.7 Å². The van der Waals surface area contributed by atoms with E-state index in [0.29, 0.717) is 6.54 Å². The number of carbonyl (C=O) groups is 2. The zero-order valence-electron chi connectivity index (χ0n) is 6.22. The summed E-state index contributed by atoms with van der Waals surface area (Å²) in [6, 6.07) is 0. The molecule has 1 atom stereocenters. The van der Waals surface area contributed by atoms with E-state index in [1.807, 2.05) is 0 Å². The molecule has 0 aromatic heterocycles. The van der Waals surface area contributed by atoms with E-state index < -0.39 is 0 Å². The topological polar surface area (TPSA) is 67.4 Å². The van der Waals surface area contributed by atoms with Crippen LogP contribution < -0.4 is 10.8 Å². The maximum absolute atomic E-state index is 11.0. The van der Waals surface area contributed by atoms with Gasteiger partial charge in [0, 0.05) is 13.0 Å². The van der Waals surface area contributed by atoms with E-state index in [1.165, 1.54) is 7.11 Å². The molecule has 0 aromatic carbocycles. The van der Waals surface area contributed by atoms with Crippen LogP contribution in [0.2, 0.25) is 0 Å². The van der Waals surface area contributed by atoms with Crippen LogP contribution in [0.25, 0.3) is 0 Å². The number of carbonyl (C=O) groups excluding carboxylic acids is 2. The Morgan fingerprint density at radius 1 is 1.82 bits per heavy atom. The Hall–Kier alpha value is -1.10. The number of hydrogen-bond acceptors (Lipinski definition) is 3. The van der Waals surface area contributed by atoms with Crippen molar-refractivity contribution in [1.29, 1.82) is 0 Å². The summed E-state index contributed by atoms with van der Waals surface area (Å²) in [6.45, 7) is 0.411. The first-order valence-electron chi connectivity index (χ1n) is 3.33. The quantitative estimate of drug-likeness (QED) is 0.496. The van der Waals surface area contributed by atoms with Gasteiger partial charge in [0.1, 0.15) is 0 Å². The number of rotatable bonds is 2. The van der Waals surface area contributed by atoms with Crippen molar-refractivity contribution in [3.63, 3.8) is 0 Å². The second-order valence-corrected chi connectivity index (χ2v) is 2.38. The smallest absolute Gasteiger partial charge is 0.248 e. The van der Waals surface area contributed by atoms with Crippen molar-refractivity contribution in [2.24, 2.45) is 5.92 Å². The Bertz CT molecular complexity index is 181. The summed E-state index contributed by atoms with van der Waals surface area (Å²) in [5.41, 5.74) is 2.18. The van der Waals surface area contributed by atoms with Crippen LogP contribution in [0.4, 0.5) is 0 Å². The molecule has 5 nitrogen and oxygen atoms in total. The van der Waals surface area contributed by atoms with Crippen LogP contribution in [0.15, 0.2) is 0 Å². The fourth-order valence-corrected chi connectivity index (χ4v) is 0.974. The van der Waals surface area contributed by atoms with Gasteiger partial charge in [0.15, 0.2) is 0 Å². The van der Waals surface area contributed by atoms with Gasteiger partial charge in [-0.1, -0.05) is 0 Å². The third-order valence-electron chi connectivity index (χ3n) is 1.55. The highest BCUT2D eigenvalue weighted by Crippen LogP contribution is 2.07. The summed E-state index contributed by atoms with van der Waals surface area (Å²) in [6.07, 6.45) is 0.259. The highest BCUT2D eigenvalue weighted by atomic mass is 16.6. The molecule has 1 rings (SSSR count). The summed E-state index contributed by atoms with van der Waals surface area (Å²) in [5.74, 6) is -0.602. The van der Waals surface area contributed by atoms with Gasteiger partial charge >= 0.3 is 0 Å². The molecule has 0 aliphatic carbocycles. The zero-order valence-corrected chi connectivity index (χ0v) is 6.22. The predicted octanol–water partition coefficient (Wildman–Crippen LogP) is -1.20. The SMILES string of the molecule is CONC(=O)C1CNC(=O)C1. The van der Waals surface area contributed by atoms with Crippen LogP contribution in [0.3, 0.4) is 0 Å². The summed E-state index contributed by atoms with van der Waals surface area (Å²) < 4.78 is 0. The lowest BCUT2D eigenvalue weighted by Gasteiger charge is -2.05. The average molecular weight is 158 g/mol. The highest BCUT2D eigenvalue weighted by Gasteiger charge is 2.27. The average Bonchev–Trinajstić information content (AvgIpc) is 2.36. The molecule has 0 bridgehead atoms. The molecule has 0 radical (unpaired) electrons. The number of hydrogen-bond donors (Lipinski definition) is 2. The maximum Gasteiger partial charge on any atom is 0.248 e. The lowest BCUT2D eigenvalue weighted by atomic mass is 10.1. The Morgan fingerprint density at radius 2 is 2.55 bits per heavy atom. The molecule has 0 aromatic rings. The second kappa shape index (κ2) is 3.34. The molecule has 1 aliphatic heterocycles. The summed E-state index contributed by atoms with van der Waals surface area (Å²) in [5, 5.41) is 2.55. The van der Waals surface area contributed by atoms with Gasteiger partial charge in [-0.25, -0.2) is 5.48 Å². The first-order valence-corrected chi connectivity index (χ1v) is 3.33. The highest BCUT2D eigenvalue weighted by molar-refractivity contribution is 5.88. The Kier molecular flexibility index (Phi) is 2.43.